The van der Waals surface area contributed by atoms with Gasteiger partial charge in [0.15, 0.2) is 0 Å². The summed E-state index contributed by atoms with van der Waals surface area (Å²) in [7, 11) is 0. The first-order chi connectivity index (χ1) is 10.2. The predicted molar refractivity (Wildman–Crippen MR) is 75.9 cm³/mol. The quantitative estimate of drug-likeness (QED) is 0.753. The van der Waals surface area contributed by atoms with E-state index in [1.54, 1.807) is 0 Å². The van der Waals surface area contributed by atoms with Gasteiger partial charge in [0, 0.05) is 18.5 Å². The van der Waals surface area contributed by atoms with Crippen LogP contribution in [-0.2, 0) is 11.3 Å². The van der Waals surface area contributed by atoms with Crippen LogP contribution in [0.5, 0.6) is 0 Å². The molecule has 3 rings (SSSR count). The number of likely N-dealkylation sites (tertiary alicyclic amines) is 1. The summed E-state index contributed by atoms with van der Waals surface area (Å²) >= 11 is 0. The molecule has 6 heteroatoms. The fourth-order valence-electron chi connectivity index (χ4n) is 3.50. The molecule has 114 valence electrons. The third-order valence-electron chi connectivity index (χ3n) is 4.48. The number of rotatable bonds is 4. The summed E-state index contributed by atoms with van der Waals surface area (Å²) in [6, 6.07) is 9.29. The fraction of sp³-hybridized carbons (Fsp3) is 0.533. The minimum atomic E-state index is -0.987. The molecule has 0 unspecified atom stereocenters. The summed E-state index contributed by atoms with van der Waals surface area (Å²) in [5.41, 5.74) is 1.14. The molecule has 0 aliphatic carbocycles. The minimum absolute atomic E-state index is 0.0844. The zero-order chi connectivity index (χ0) is 14.8. The second-order valence-corrected chi connectivity index (χ2v) is 5.60. The summed E-state index contributed by atoms with van der Waals surface area (Å²) in [5.74, 6) is 0.0990. The van der Waals surface area contributed by atoms with Crippen LogP contribution in [0, 0.1) is 5.92 Å². The van der Waals surface area contributed by atoms with Crippen LogP contribution in [0.3, 0.4) is 0 Å². The number of carboxylic acid groups (broad SMARTS) is 1. The molecule has 3 N–H and O–H groups in total. The first-order valence-corrected chi connectivity index (χ1v) is 7.19. The summed E-state index contributed by atoms with van der Waals surface area (Å²) in [6.45, 7) is 1.43. The van der Waals surface area contributed by atoms with Crippen molar-refractivity contribution in [3.05, 3.63) is 35.9 Å². The zero-order valence-corrected chi connectivity index (χ0v) is 11.7. The van der Waals surface area contributed by atoms with Crippen LogP contribution in [0.1, 0.15) is 5.56 Å². The maximum Gasteiger partial charge on any atom is 0.408 e. The van der Waals surface area contributed by atoms with Crippen molar-refractivity contribution in [3.8, 4) is 0 Å². The van der Waals surface area contributed by atoms with Crippen LogP contribution < -0.4 is 5.32 Å². The Balaban J connectivity index is 1.74. The number of nitrogens with one attached hydrogen (secondary N) is 1. The third-order valence-corrected chi connectivity index (χ3v) is 4.48. The molecule has 0 aromatic heterocycles. The molecule has 2 saturated heterocycles. The van der Waals surface area contributed by atoms with Crippen molar-refractivity contribution < 1.29 is 19.7 Å². The largest absolute Gasteiger partial charge is 0.465 e. The summed E-state index contributed by atoms with van der Waals surface area (Å²) in [4.78, 5) is 12.8. The second kappa shape index (κ2) is 6.01. The lowest BCUT2D eigenvalue weighted by atomic mass is 9.96. The molecule has 0 spiro atoms. The normalized spacial score (nSPS) is 31.4. The summed E-state index contributed by atoms with van der Waals surface area (Å²) < 4.78 is 5.44. The molecule has 0 radical (unpaired) electrons. The van der Waals surface area contributed by atoms with Crippen molar-refractivity contribution in [2.45, 2.75) is 24.7 Å². The molecule has 1 aromatic rings. The van der Waals surface area contributed by atoms with Gasteiger partial charge >= 0.3 is 6.09 Å². The maximum atomic E-state index is 11.5. The average molecular weight is 292 g/mol. The first-order valence-electron chi connectivity index (χ1n) is 7.19. The van der Waals surface area contributed by atoms with Gasteiger partial charge in [-0.1, -0.05) is 30.3 Å². The van der Waals surface area contributed by atoms with Gasteiger partial charge in [0.2, 0.25) is 0 Å². The van der Waals surface area contributed by atoms with Crippen molar-refractivity contribution in [1.82, 2.24) is 10.2 Å². The molecule has 2 fully saturated rings. The maximum absolute atomic E-state index is 11.5. The van der Waals surface area contributed by atoms with Gasteiger partial charge in [-0.2, -0.15) is 0 Å². The van der Waals surface area contributed by atoms with Crippen molar-refractivity contribution in [2.75, 3.05) is 19.8 Å². The molecule has 21 heavy (non-hydrogen) atoms. The van der Waals surface area contributed by atoms with Crippen LogP contribution in [0.4, 0.5) is 4.79 Å². The van der Waals surface area contributed by atoms with Gasteiger partial charge in [0.1, 0.15) is 0 Å². The van der Waals surface area contributed by atoms with Gasteiger partial charge in [0.25, 0.3) is 0 Å². The van der Waals surface area contributed by atoms with E-state index in [2.05, 4.69) is 5.32 Å². The SMILES string of the molecule is O=C(O)N1[C@@H]2COC[C@@H]2[C@H](NCc2ccccc2)[C@@H]1CO. The summed E-state index contributed by atoms with van der Waals surface area (Å²) in [5, 5.41) is 22.4. The number of hydrogen-bond donors (Lipinski definition) is 3. The van der Waals surface area contributed by atoms with Crippen LogP contribution in [0.25, 0.3) is 0 Å². The highest BCUT2D eigenvalue weighted by atomic mass is 16.5. The van der Waals surface area contributed by atoms with Crippen molar-refractivity contribution >= 4 is 6.09 Å². The molecule has 1 amide bonds. The molecular weight excluding hydrogens is 272 g/mol. The monoisotopic (exact) mass is 292 g/mol. The molecule has 0 saturated carbocycles. The molecule has 2 aliphatic rings. The Bertz CT molecular complexity index is 496. The predicted octanol–water partition coefficient (Wildman–Crippen LogP) is 0.514. The topological polar surface area (TPSA) is 82.0 Å². The zero-order valence-electron chi connectivity index (χ0n) is 11.7. The van der Waals surface area contributed by atoms with Crippen molar-refractivity contribution in [3.63, 3.8) is 0 Å². The Labute approximate surface area is 123 Å². The number of ether oxygens (including phenoxy) is 1. The van der Waals surface area contributed by atoms with E-state index in [1.165, 1.54) is 4.90 Å². The number of hydrogen-bond acceptors (Lipinski definition) is 4. The van der Waals surface area contributed by atoms with E-state index in [9.17, 15) is 15.0 Å². The van der Waals surface area contributed by atoms with E-state index in [0.717, 1.165) is 5.56 Å². The Morgan fingerprint density at radius 2 is 2.10 bits per heavy atom. The van der Waals surface area contributed by atoms with E-state index in [1.807, 2.05) is 30.3 Å². The highest BCUT2D eigenvalue weighted by Gasteiger charge is 2.53. The van der Waals surface area contributed by atoms with Gasteiger partial charge in [-0.3, -0.25) is 4.90 Å². The van der Waals surface area contributed by atoms with Crippen LogP contribution in [0.2, 0.25) is 0 Å². The second-order valence-electron chi connectivity index (χ2n) is 5.60. The molecule has 2 aliphatic heterocycles. The van der Waals surface area contributed by atoms with Crippen LogP contribution in [-0.4, -0.2) is 59.2 Å². The number of amides is 1. The Kier molecular flexibility index (Phi) is 4.10. The van der Waals surface area contributed by atoms with E-state index < -0.39 is 12.1 Å². The molecule has 4 atom stereocenters. The number of aliphatic hydroxyl groups is 1. The molecule has 0 bridgehead atoms. The van der Waals surface area contributed by atoms with Crippen LogP contribution in [0.15, 0.2) is 30.3 Å². The lowest BCUT2D eigenvalue weighted by Crippen LogP contribution is -2.49. The van der Waals surface area contributed by atoms with Gasteiger partial charge < -0.3 is 20.3 Å². The Hall–Kier alpha value is -1.63. The Morgan fingerprint density at radius 1 is 1.33 bits per heavy atom. The van der Waals surface area contributed by atoms with E-state index >= 15 is 0 Å². The molecular formula is C15H20N2O4. The number of fused-ring (bicyclic) bond motifs is 1. The van der Waals surface area contributed by atoms with E-state index in [-0.39, 0.29) is 24.6 Å². The first kappa shape index (κ1) is 14.3. The fourth-order valence-corrected chi connectivity index (χ4v) is 3.50. The third kappa shape index (κ3) is 2.62. The summed E-state index contributed by atoms with van der Waals surface area (Å²) in [6.07, 6.45) is -0.987. The van der Waals surface area contributed by atoms with Crippen LogP contribution >= 0.6 is 0 Å². The Morgan fingerprint density at radius 3 is 2.76 bits per heavy atom. The number of benzene rings is 1. The van der Waals surface area contributed by atoms with Crippen molar-refractivity contribution in [1.29, 1.82) is 0 Å². The van der Waals surface area contributed by atoms with E-state index in [4.69, 9.17) is 4.74 Å². The smallest absolute Gasteiger partial charge is 0.408 e. The highest BCUT2D eigenvalue weighted by Crippen LogP contribution is 2.35. The number of nitrogens with zero attached hydrogens (tertiary/aromatic N) is 1. The molecule has 6 nitrogen and oxygen atoms in total. The number of carbonyl (C=O) groups is 1. The van der Waals surface area contributed by atoms with Crippen molar-refractivity contribution in [2.24, 2.45) is 5.92 Å². The standard InChI is InChI=1S/C15H20N2O4/c18-7-12-14(16-6-10-4-2-1-3-5-10)11-8-21-9-13(11)17(12)15(19)20/h1-5,11-14,16,18H,6-9H2,(H,19,20)/t11-,12-,13+,14-/m0/s1. The van der Waals surface area contributed by atoms with E-state index in [0.29, 0.717) is 19.8 Å². The molecule has 1 aromatic carbocycles. The lowest BCUT2D eigenvalue weighted by molar-refractivity contribution is 0.0728. The van der Waals surface area contributed by atoms with Gasteiger partial charge in [-0.05, 0) is 5.56 Å². The lowest BCUT2D eigenvalue weighted by Gasteiger charge is -2.27. The van der Waals surface area contributed by atoms with Gasteiger partial charge in [0.05, 0.1) is 31.9 Å². The highest BCUT2D eigenvalue weighted by molar-refractivity contribution is 5.67. The van der Waals surface area contributed by atoms with Gasteiger partial charge in [-0.25, -0.2) is 4.79 Å². The number of aliphatic hydroxyl groups excluding tert-OH is 1. The minimum Gasteiger partial charge on any atom is -0.465 e. The average Bonchev–Trinajstić information content (AvgIpc) is 3.05. The molecule has 2 heterocycles. The van der Waals surface area contributed by atoms with Gasteiger partial charge in [-0.15, -0.1) is 0 Å².